The molecule has 0 saturated heterocycles. The van der Waals surface area contributed by atoms with Gasteiger partial charge in [0.25, 0.3) is 0 Å². The maximum Gasteiger partial charge on any atom is 0.164 e. The lowest BCUT2D eigenvalue weighted by atomic mass is 9.85. The number of rotatable bonds is 8. The summed E-state index contributed by atoms with van der Waals surface area (Å²) in [6.07, 6.45) is 2.98. The molecule has 118 valence electrons. The van der Waals surface area contributed by atoms with E-state index in [1.54, 1.807) is 0 Å². The molecule has 1 aromatic carbocycles. The topological polar surface area (TPSA) is 43.7 Å². The molecule has 21 heavy (non-hydrogen) atoms. The second-order valence-electron chi connectivity index (χ2n) is 5.77. The van der Waals surface area contributed by atoms with Crippen LogP contribution in [0.2, 0.25) is 0 Å². The number of nitrogens with zero attached hydrogens (tertiary/aromatic N) is 1. The lowest BCUT2D eigenvalue weighted by molar-refractivity contribution is 0.107. The van der Waals surface area contributed by atoms with Gasteiger partial charge in [-0.05, 0) is 31.2 Å². The number of hydrogen-bond acceptors (Lipinski definition) is 3. The van der Waals surface area contributed by atoms with Gasteiger partial charge in [-0.2, -0.15) is 0 Å². The van der Waals surface area contributed by atoms with E-state index < -0.39 is 17.7 Å². The first-order chi connectivity index (χ1) is 10.1. The number of aliphatic hydroxyl groups is 2. The van der Waals surface area contributed by atoms with Crippen LogP contribution in [0.3, 0.4) is 0 Å². The molecule has 3 nitrogen and oxygen atoms in total. The van der Waals surface area contributed by atoms with Crippen LogP contribution in [0.5, 0.6) is 0 Å². The van der Waals surface area contributed by atoms with E-state index >= 15 is 0 Å². The Labute approximate surface area is 124 Å². The SMILES string of the molecule is OCCN(CCC(O)c1cccc(F)c1F)CC1CCC1. The molecule has 2 rings (SSSR count). The van der Waals surface area contributed by atoms with Crippen molar-refractivity contribution < 1.29 is 19.0 Å². The van der Waals surface area contributed by atoms with E-state index in [2.05, 4.69) is 4.90 Å². The molecule has 0 bridgehead atoms. The van der Waals surface area contributed by atoms with Crippen LogP contribution in [0.4, 0.5) is 8.78 Å². The van der Waals surface area contributed by atoms with Gasteiger partial charge in [0.05, 0.1) is 12.7 Å². The Morgan fingerprint density at radius 3 is 2.62 bits per heavy atom. The van der Waals surface area contributed by atoms with E-state index in [0.29, 0.717) is 25.4 Å². The van der Waals surface area contributed by atoms with Crippen LogP contribution in [0, 0.1) is 17.6 Å². The molecule has 0 radical (unpaired) electrons. The number of halogens is 2. The molecule has 0 amide bonds. The fraction of sp³-hybridized carbons (Fsp3) is 0.625. The van der Waals surface area contributed by atoms with Gasteiger partial charge in [-0.25, -0.2) is 8.78 Å². The molecule has 1 aliphatic rings. The van der Waals surface area contributed by atoms with E-state index in [0.717, 1.165) is 12.6 Å². The summed E-state index contributed by atoms with van der Waals surface area (Å²) in [5.74, 6) is -1.24. The molecule has 5 heteroatoms. The smallest absolute Gasteiger partial charge is 0.164 e. The second kappa shape index (κ2) is 7.82. The lowest BCUT2D eigenvalue weighted by Crippen LogP contribution is -2.35. The average Bonchev–Trinajstić information content (AvgIpc) is 2.42. The predicted octanol–water partition coefficient (Wildman–Crippen LogP) is 2.48. The highest BCUT2D eigenvalue weighted by Gasteiger charge is 2.22. The van der Waals surface area contributed by atoms with Crippen LogP contribution in [0.1, 0.15) is 37.4 Å². The van der Waals surface area contributed by atoms with Crippen molar-refractivity contribution in [3.05, 3.63) is 35.4 Å². The molecule has 0 spiro atoms. The van der Waals surface area contributed by atoms with Crippen LogP contribution in [0.15, 0.2) is 18.2 Å². The first kappa shape index (κ1) is 16.3. The van der Waals surface area contributed by atoms with Gasteiger partial charge in [-0.15, -0.1) is 0 Å². The molecule has 1 fully saturated rings. The standard InChI is InChI=1S/C16H23F2NO2/c17-14-6-2-5-13(16(14)18)15(21)7-8-19(9-10-20)11-12-3-1-4-12/h2,5-6,12,15,20-21H,1,3-4,7-11H2. The second-order valence-corrected chi connectivity index (χ2v) is 5.77. The first-order valence-electron chi connectivity index (χ1n) is 7.57. The molecule has 1 atom stereocenters. The third-order valence-corrected chi connectivity index (χ3v) is 4.22. The number of hydrogen-bond donors (Lipinski definition) is 2. The van der Waals surface area contributed by atoms with Gasteiger partial charge in [-0.1, -0.05) is 18.6 Å². The van der Waals surface area contributed by atoms with E-state index in [1.165, 1.54) is 31.4 Å². The highest BCUT2D eigenvalue weighted by molar-refractivity contribution is 5.21. The average molecular weight is 299 g/mol. The minimum atomic E-state index is -1.02. The van der Waals surface area contributed by atoms with Crippen molar-refractivity contribution in [3.8, 4) is 0 Å². The normalized spacial score (nSPS) is 17.0. The molecule has 1 aromatic rings. The van der Waals surface area contributed by atoms with Crippen LogP contribution in [0.25, 0.3) is 0 Å². The van der Waals surface area contributed by atoms with Crippen molar-refractivity contribution in [2.45, 2.75) is 31.8 Å². The van der Waals surface area contributed by atoms with E-state index in [4.69, 9.17) is 5.11 Å². The summed E-state index contributed by atoms with van der Waals surface area (Å²) in [4.78, 5) is 2.09. The molecular formula is C16H23F2NO2. The molecule has 1 saturated carbocycles. The Morgan fingerprint density at radius 1 is 1.24 bits per heavy atom. The largest absolute Gasteiger partial charge is 0.395 e. The molecule has 1 unspecified atom stereocenters. The van der Waals surface area contributed by atoms with E-state index in [9.17, 15) is 13.9 Å². The van der Waals surface area contributed by atoms with Gasteiger partial charge in [0.1, 0.15) is 0 Å². The third-order valence-electron chi connectivity index (χ3n) is 4.22. The maximum absolute atomic E-state index is 13.6. The fourth-order valence-corrected chi connectivity index (χ4v) is 2.71. The van der Waals surface area contributed by atoms with Crippen molar-refractivity contribution in [2.75, 3.05) is 26.2 Å². The maximum atomic E-state index is 13.6. The molecule has 0 aliphatic heterocycles. The summed E-state index contributed by atoms with van der Waals surface area (Å²) in [5, 5.41) is 19.1. The zero-order valence-electron chi connectivity index (χ0n) is 12.1. The fourth-order valence-electron chi connectivity index (χ4n) is 2.71. The Hall–Kier alpha value is -1.04. The lowest BCUT2D eigenvalue weighted by Gasteiger charge is -2.32. The molecular weight excluding hydrogens is 276 g/mol. The predicted molar refractivity (Wildman–Crippen MR) is 76.8 cm³/mol. The highest BCUT2D eigenvalue weighted by Crippen LogP contribution is 2.28. The Morgan fingerprint density at radius 2 is 2.00 bits per heavy atom. The van der Waals surface area contributed by atoms with E-state index in [-0.39, 0.29) is 12.2 Å². The van der Waals surface area contributed by atoms with Crippen molar-refractivity contribution in [2.24, 2.45) is 5.92 Å². The Kier molecular flexibility index (Phi) is 6.08. The monoisotopic (exact) mass is 299 g/mol. The summed E-state index contributed by atoms with van der Waals surface area (Å²) in [5.41, 5.74) is 0.00240. The van der Waals surface area contributed by atoms with Gasteiger partial charge in [0, 0.05) is 25.2 Å². The van der Waals surface area contributed by atoms with Gasteiger partial charge in [-0.3, -0.25) is 0 Å². The zero-order chi connectivity index (χ0) is 15.2. The summed E-state index contributed by atoms with van der Waals surface area (Å²) in [6.45, 7) is 2.08. The van der Waals surface area contributed by atoms with Crippen LogP contribution in [-0.4, -0.2) is 41.4 Å². The van der Waals surface area contributed by atoms with Gasteiger partial charge >= 0.3 is 0 Å². The van der Waals surface area contributed by atoms with Crippen LogP contribution < -0.4 is 0 Å². The van der Waals surface area contributed by atoms with Gasteiger partial charge in [0.2, 0.25) is 0 Å². The Bertz CT molecular complexity index is 452. The highest BCUT2D eigenvalue weighted by atomic mass is 19.2. The summed E-state index contributed by atoms with van der Waals surface area (Å²) >= 11 is 0. The number of benzene rings is 1. The summed E-state index contributed by atoms with van der Waals surface area (Å²) in [6, 6.07) is 3.85. The van der Waals surface area contributed by atoms with Crippen molar-refractivity contribution in [1.82, 2.24) is 4.90 Å². The number of aliphatic hydroxyl groups excluding tert-OH is 2. The van der Waals surface area contributed by atoms with Gasteiger partial charge < -0.3 is 15.1 Å². The van der Waals surface area contributed by atoms with Crippen molar-refractivity contribution >= 4 is 0 Å². The van der Waals surface area contributed by atoms with Crippen molar-refractivity contribution in [3.63, 3.8) is 0 Å². The third kappa shape index (κ3) is 4.46. The minimum absolute atomic E-state index is 0.00240. The minimum Gasteiger partial charge on any atom is -0.395 e. The Balaban J connectivity index is 1.88. The molecule has 1 aliphatic carbocycles. The van der Waals surface area contributed by atoms with Crippen LogP contribution >= 0.6 is 0 Å². The molecule has 0 heterocycles. The first-order valence-corrected chi connectivity index (χ1v) is 7.57. The van der Waals surface area contributed by atoms with E-state index in [1.807, 2.05) is 0 Å². The zero-order valence-corrected chi connectivity index (χ0v) is 12.1. The quantitative estimate of drug-likeness (QED) is 0.775. The van der Waals surface area contributed by atoms with Gasteiger partial charge in [0.15, 0.2) is 11.6 Å². The summed E-state index contributed by atoms with van der Waals surface area (Å²) < 4.78 is 26.8. The summed E-state index contributed by atoms with van der Waals surface area (Å²) in [7, 11) is 0. The van der Waals surface area contributed by atoms with Crippen molar-refractivity contribution in [1.29, 1.82) is 0 Å². The van der Waals surface area contributed by atoms with Crippen LogP contribution in [-0.2, 0) is 0 Å². The molecule has 2 N–H and O–H groups in total. The molecule has 0 aromatic heterocycles.